The number of rotatable bonds is 6. The van der Waals surface area contributed by atoms with Crippen LogP contribution < -0.4 is 4.74 Å². The first-order valence-electron chi connectivity index (χ1n) is 6.93. The molecule has 4 nitrogen and oxygen atoms in total. The van der Waals surface area contributed by atoms with Gasteiger partial charge in [-0.05, 0) is 43.6 Å². The zero-order valence-corrected chi connectivity index (χ0v) is 12.3. The molecule has 0 radical (unpaired) electrons. The normalized spacial score (nSPS) is 20.8. The first-order valence-corrected chi connectivity index (χ1v) is 7.31. The molecule has 1 fully saturated rings. The van der Waals surface area contributed by atoms with Crippen LogP contribution in [0.1, 0.15) is 13.3 Å². The monoisotopic (exact) mass is 297 g/mol. The van der Waals surface area contributed by atoms with Crippen LogP contribution in [0.4, 0.5) is 0 Å². The number of nitrogens with zero attached hydrogens (tertiary/aromatic N) is 1. The van der Waals surface area contributed by atoms with Crippen LogP contribution >= 0.6 is 11.6 Å². The molecule has 1 aliphatic heterocycles. The van der Waals surface area contributed by atoms with Crippen molar-refractivity contribution in [3.8, 4) is 5.75 Å². The van der Waals surface area contributed by atoms with Crippen LogP contribution in [-0.2, 0) is 4.79 Å². The number of likely N-dealkylation sites (tertiary alicyclic amines) is 1. The SMILES string of the molecule is CCN1CCC(C(COc2cccc(Cl)c2)C(=O)O)C1. The molecule has 0 aromatic heterocycles. The maximum atomic E-state index is 11.4. The van der Waals surface area contributed by atoms with Crippen molar-refractivity contribution in [1.82, 2.24) is 4.90 Å². The van der Waals surface area contributed by atoms with Crippen molar-refractivity contribution < 1.29 is 14.6 Å². The Hall–Kier alpha value is -1.26. The van der Waals surface area contributed by atoms with E-state index in [0.717, 1.165) is 26.1 Å². The van der Waals surface area contributed by atoms with E-state index in [1.54, 1.807) is 24.3 Å². The van der Waals surface area contributed by atoms with Crippen LogP contribution in [-0.4, -0.2) is 42.2 Å². The predicted octanol–water partition coefficient (Wildman–Crippen LogP) is 2.76. The van der Waals surface area contributed by atoms with E-state index in [2.05, 4.69) is 11.8 Å². The highest BCUT2D eigenvalue weighted by Crippen LogP contribution is 2.26. The maximum Gasteiger partial charge on any atom is 0.310 e. The number of hydrogen-bond donors (Lipinski definition) is 1. The zero-order chi connectivity index (χ0) is 14.5. The fourth-order valence-electron chi connectivity index (χ4n) is 2.63. The summed E-state index contributed by atoms with van der Waals surface area (Å²) >= 11 is 5.88. The summed E-state index contributed by atoms with van der Waals surface area (Å²) in [5.74, 6) is -0.471. The number of halogens is 1. The molecule has 0 saturated carbocycles. The molecular weight excluding hydrogens is 278 g/mol. The summed E-state index contributed by atoms with van der Waals surface area (Å²) in [6.07, 6.45) is 0.920. The van der Waals surface area contributed by atoms with Gasteiger partial charge in [-0.3, -0.25) is 4.79 Å². The standard InChI is InChI=1S/C15H20ClNO3/c1-2-17-7-6-11(9-17)14(15(18)19)10-20-13-5-3-4-12(16)8-13/h3-5,8,11,14H,2,6-7,9-10H2,1H3,(H,18,19). The van der Waals surface area contributed by atoms with Crippen molar-refractivity contribution in [3.05, 3.63) is 29.3 Å². The first-order chi connectivity index (χ1) is 9.60. The van der Waals surface area contributed by atoms with Gasteiger partial charge in [-0.2, -0.15) is 0 Å². The average Bonchev–Trinajstić information content (AvgIpc) is 2.87. The number of benzene rings is 1. The lowest BCUT2D eigenvalue weighted by molar-refractivity contribution is -0.144. The summed E-state index contributed by atoms with van der Waals surface area (Å²) in [6.45, 7) is 5.07. The molecule has 1 heterocycles. The highest BCUT2D eigenvalue weighted by molar-refractivity contribution is 6.30. The van der Waals surface area contributed by atoms with Gasteiger partial charge in [-0.1, -0.05) is 24.6 Å². The van der Waals surface area contributed by atoms with E-state index < -0.39 is 11.9 Å². The number of ether oxygens (including phenoxy) is 1. The zero-order valence-electron chi connectivity index (χ0n) is 11.6. The van der Waals surface area contributed by atoms with E-state index in [1.165, 1.54) is 0 Å². The minimum absolute atomic E-state index is 0.159. The predicted molar refractivity (Wildman–Crippen MR) is 78.3 cm³/mol. The molecule has 110 valence electrons. The molecule has 0 spiro atoms. The van der Waals surface area contributed by atoms with Gasteiger partial charge >= 0.3 is 5.97 Å². The maximum absolute atomic E-state index is 11.4. The molecule has 1 saturated heterocycles. The Labute approximate surface area is 124 Å². The molecule has 5 heteroatoms. The molecule has 1 N–H and O–H groups in total. The van der Waals surface area contributed by atoms with Crippen LogP contribution in [0.5, 0.6) is 5.75 Å². The molecule has 2 atom stereocenters. The van der Waals surface area contributed by atoms with Crippen LogP contribution in [0.15, 0.2) is 24.3 Å². The Kier molecular flexibility index (Phi) is 5.26. The van der Waals surface area contributed by atoms with Crippen molar-refractivity contribution >= 4 is 17.6 Å². The Morgan fingerprint density at radius 1 is 1.60 bits per heavy atom. The van der Waals surface area contributed by atoms with Gasteiger partial charge in [0.2, 0.25) is 0 Å². The number of aliphatic carboxylic acids is 1. The third kappa shape index (κ3) is 3.87. The van der Waals surface area contributed by atoms with Gasteiger partial charge < -0.3 is 14.7 Å². The number of carboxylic acid groups (broad SMARTS) is 1. The van der Waals surface area contributed by atoms with Crippen molar-refractivity contribution in [3.63, 3.8) is 0 Å². The topological polar surface area (TPSA) is 49.8 Å². The molecule has 0 amide bonds. The Balaban J connectivity index is 1.95. The van der Waals surface area contributed by atoms with E-state index in [-0.39, 0.29) is 12.5 Å². The van der Waals surface area contributed by atoms with E-state index in [0.29, 0.717) is 10.8 Å². The third-order valence-corrected chi connectivity index (χ3v) is 4.10. The van der Waals surface area contributed by atoms with E-state index >= 15 is 0 Å². The molecule has 2 rings (SSSR count). The van der Waals surface area contributed by atoms with Crippen molar-refractivity contribution in [1.29, 1.82) is 0 Å². The largest absolute Gasteiger partial charge is 0.493 e. The van der Waals surface area contributed by atoms with Gasteiger partial charge in [0.1, 0.15) is 12.4 Å². The average molecular weight is 298 g/mol. The minimum Gasteiger partial charge on any atom is -0.493 e. The van der Waals surface area contributed by atoms with Crippen molar-refractivity contribution in [2.24, 2.45) is 11.8 Å². The molecule has 20 heavy (non-hydrogen) atoms. The second-order valence-electron chi connectivity index (χ2n) is 5.16. The smallest absolute Gasteiger partial charge is 0.310 e. The number of carbonyl (C=O) groups is 1. The quantitative estimate of drug-likeness (QED) is 0.877. The summed E-state index contributed by atoms with van der Waals surface area (Å²) in [5.41, 5.74) is 0. The third-order valence-electron chi connectivity index (χ3n) is 3.87. The Morgan fingerprint density at radius 3 is 3.00 bits per heavy atom. The summed E-state index contributed by atoms with van der Waals surface area (Å²) in [4.78, 5) is 13.7. The summed E-state index contributed by atoms with van der Waals surface area (Å²) in [5, 5.41) is 9.99. The lowest BCUT2D eigenvalue weighted by Gasteiger charge is -2.20. The molecule has 0 bridgehead atoms. The number of carboxylic acids is 1. The Morgan fingerprint density at radius 2 is 2.40 bits per heavy atom. The van der Waals surface area contributed by atoms with E-state index in [1.807, 2.05) is 0 Å². The summed E-state index contributed by atoms with van der Waals surface area (Å²) in [6, 6.07) is 7.05. The highest BCUT2D eigenvalue weighted by Gasteiger charge is 2.33. The molecule has 2 unspecified atom stereocenters. The van der Waals surface area contributed by atoms with Crippen LogP contribution in [0.25, 0.3) is 0 Å². The second kappa shape index (κ2) is 6.95. The number of hydrogen-bond acceptors (Lipinski definition) is 3. The summed E-state index contributed by atoms with van der Waals surface area (Å²) in [7, 11) is 0. The fourth-order valence-corrected chi connectivity index (χ4v) is 2.81. The van der Waals surface area contributed by atoms with Gasteiger partial charge in [0, 0.05) is 11.6 Å². The fraction of sp³-hybridized carbons (Fsp3) is 0.533. The van der Waals surface area contributed by atoms with Crippen molar-refractivity contribution in [2.45, 2.75) is 13.3 Å². The van der Waals surface area contributed by atoms with Gasteiger partial charge in [0.25, 0.3) is 0 Å². The first kappa shape index (κ1) is 15.1. The van der Waals surface area contributed by atoms with Gasteiger partial charge in [0.15, 0.2) is 0 Å². The van der Waals surface area contributed by atoms with E-state index in [9.17, 15) is 9.90 Å². The van der Waals surface area contributed by atoms with Crippen LogP contribution in [0, 0.1) is 11.8 Å². The summed E-state index contributed by atoms with van der Waals surface area (Å²) < 4.78 is 5.61. The van der Waals surface area contributed by atoms with Gasteiger partial charge in [-0.25, -0.2) is 0 Å². The van der Waals surface area contributed by atoms with Crippen LogP contribution in [0.2, 0.25) is 5.02 Å². The molecule has 1 aromatic carbocycles. The van der Waals surface area contributed by atoms with Gasteiger partial charge in [-0.15, -0.1) is 0 Å². The van der Waals surface area contributed by atoms with Crippen LogP contribution in [0.3, 0.4) is 0 Å². The Bertz CT molecular complexity index is 466. The minimum atomic E-state index is -0.782. The van der Waals surface area contributed by atoms with E-state index in [4.69, 9.17) is 16.3 Å². The lowest BCUT2D eigenvalue weighted by atomic mass is 9.92. The molecule has 1 aromatic rings. The second-order valence-corrected chi connectivity index (χ2v) is 5.59. The molecular formula is C15H20ClNO3. The lowest BCUT2D eigenvalue weighted by Crippen LogP contribution is -2.31. The highest BCUT2D eigenvalue weighted by atomic mass is 35.5. The molecule has 0 aliphatic carbocycles. The van der Waals surface area contributed by atoms with Crippen molar-refractivity contribution in [2.75, 3.05) is 26.2 Å². The molecule has 1 aliphatic rings. The van der Waals surface area contributed by atoms with Gasteiger partial charge in [0.05, 0.1) is 5.92 Å².